The normalized spacial score (nSPS) is 14.4. The van der Waals surface area contributed by atoms with Gasteiger partial charge < -0.3 is 10.2 Å². The lowest BCUT2D eigenvalue weighted by Crippen LogP contribution is -2.38. The van der Waals surface area contributed by atoms with E-state index in [-0.39, 0.29) is 11.8 Å². The number of rotatable bonds is 4. The Morgan fingerprint density at radius 1 is 0.972 bits per heavy atom. The smallest absolute Gasteiger partial charge is 0.276 e. The van der Waals surface area contributed by atoms with Crippen LogP contribution < -0.4 is 5.32 Å². The van der Waals surface area contributed by atoms with E-state index in [1.165, 1.54) is 5.56 Å². The van der Waals surface area contributed by atoms with Crippen molar-refractivity contribution < 1.29 is 9.59 Å². The summed E-state index contributed by atoms with van der Waals surface area (Å²) >= 11 is 3.47. The highest BCUT2D eigenvalue weighted by Gasteiger charge is 2.28. The molecule has 5 rings (SSSR count). The van der Waals surface area contributed by atoms with Crippen molar-refractivity contribution in [2.45, 2.75) is 32.6 Å². The number of aryl methyl sites for hydroxylation is 3. The van der Waals surface area contributed by atoms with Crippen LogP contribution in [0.4, 0.5) is 5.69 Å². The van der Waals surface area contributed by atoms with Gasteiger partial charge in [0, 0.05) is 48.4 Å². The molecule has 1 fully saturated rings. The molecule has 0 radical (unpaired) electrons. The van der Waals surface area contributed by atoms with Gasteiger partial charge in [-0.2, -0.15) is 10.2 Å². The van der Waals surface area contributed by atoms with E-state index < -0.39 is 0 Å². The number of likely N-dealkylation sites (tertiary alicyclic amines) is 1. The van der Waals surface area contributed by atoms with Crippen molar-refractivity contribution in [1.29, 1.82) is 0 Å². The molecule has 2 aromatic carbocycles. The van der Waals surface area contributed by atoms with E-state index in [2.05, 4.69) is 43.6 Å². The molecule has 1 aliphatic rings. The summed E-state index contributed by atoms with van der Waals surface area (Å²) in [6, 6.07) is 13.8. The number of carbonyl (C=O) groups is 2. The molecule has 1 aliphatic heterocycles. The highest BCUT2D eigenvalue weighted by molar-refractivity contribution is 9.10. The number of carbonyl (C=O) groups excluding carboxylic acids is 2. The molecule has 1 N–H and O–H groups in total. The molecule has 0 unspecified atom stereocenters. The number of fused-ring (bicyclic) bond motifs is 1. The Hall–Kier alpha value is -3.46. The second-order valence-electron chi connectivity index (χ2n) is 9.45. The van der Waals surface area contributed by atoms with E-state index in [9.17, 15) is 9.59 Å². The van der Waals surface area contributed by atoms with E-state index >= 15 is 0 Å². The predicted octanol–water partition coefficient (Wildman–Crippen LogP) is 4.96. The van der Waals surface area contributed by atoms with Gasteiger partial charge in [-0.3, -0.25) is 19.0 Å². The first-order valence-corrected chi connectivity index (χ1v) is 12.8. The molecular weight excluding hydrogens is 520 g/mol. The number of anilines is 1. The van der Waals surface area contributed by atoms with Crippen LogP contribution in [0, 0.1) is 13.8 Å². The molecular formula is C27H29BrN6O2. The number of aromatic nitrogens is 4. The SMILES string of the molecule is Cc1nn(C)c(C)c1C(=O)N1CCC(c2ccc(NC(=O)c3nn(C)c4ccc(Br)cc34)cc2)CC1. The van der Waals surface area contributed by atoms with Gasteiger partial charge in [-0.05, 0) is 68.5 Å². The topological polar surface area (TPSA) is 85.1 Å². The van der Waals surface area contributed by atoms with E-state index in [4.69, 9.17) is 0 Å². The molecule has 1 saturated heterocycles. The molecule has 4 aromatic rings. The number of nitrogens with one attached hydrogen (secondary N) is 1. The second-order valence-corrected chi connectivity index (χ2v) is 10.4. The number of hydrogen-bond donors (Lipinski definition) is 1. The first-order chi connectivity index (χ1) is 17.2. The van der Waals surface area contributed by atoms with Crippen LogP contribution in [0.15, 0.2) is 46.9 Å². The van der Waals surface area contributed by atoms with Crippen LogP contribution in [0.1, 0.15) is 56.6 Å². The van der Waals surface area contributed by atoms with Crippen molar-refractivity contribution >= 4 is 44.3 Å². The Bertz CT molecular complexity index is 1460. The highest BCUT2D eigenvalue weighted by Crippen LogP contribution is 2.30. The van der Waals surface area contributed by atoms with Gasteiger partial charge in [0.05, 0.1) is 16.8 Å². The summed E-state index contributed by atoms with van der Waals surface area (Å²) in [5.74, 6) is 0.218. The fourth-order valence-electron chi connectivity index (χ4n) is 5.09. The van der Waals surface area contributed by atoms with Crippen molar-refractivity contribution in [3.63, 3.8) is 0 Å². The van der Waals surface area contributed by atoms with Gasteiger partial charge in [-0.1, -0.05) is 28.1 Å². The highest BCUT2D eigenvalue weighted by atomic mass is 79.9. The van der Waals surface area contributed by atoms with Crippen LogP contribution >= 0.6 is 15.9 Å². The third kappa shape index (κ3) is 4.43. The van der Waals surface area contributed by atoms with E-state index in [1.807, 2.05) is 63.2 Å². The minimum absolute atomic E-state index is 0.0729. The van der Waals surface area contributed by atoms with Crippen molar-refractivity contribution in [2.24, 2.45) is 14.1 Å². The maximum absolute atomic E-state index is 13.1. The molecule has 2 aromatic heterocycles. The Labute approximate surface area is 218 Å². The monoisotopic (exact) mass is 548 g/mol. The summed E-state index contributed by atoms with van der Waals surface area (Å²) in [5, 5.41) is 12.6. The fraction of sp³-hybridized carbons (Fsp3) is 0.333. The predicted molar refractivity (Wildman–Crippen MR) is 143 cm³/mol. The van der Waals surface area contributed by atoms with Gasteiger partial charge in [-0.25, -0.2) is 0 Å². The minimum Gasteiger partial charge on any atom is -0.338 e. The second kappa shape index (κ2) is 9.54. The Morgan fingerprint density at radius 3 is 2.31 bits per heavy atom. The fourth-order valence-corrected chi connectivity index (χ4v) is 5.45. The molecule has 0 spiro atoms. The zero-order valence-corrected chi connectivity index (χ0v) is 22.5. The quantitative estimate of drug-likeness (QED) is 0.390. The summed E-state index contributed by atoms with van der Waals surface area (Å²) in [6.45, 7) is 5.27. The lowest BCUT2D eigenvalue weighted by Gasteiger charge is -2.32. The molecule has 0 saturated carbocycles. The molecule has 8 nitrogen and oxygen atoms in total. The Kier molecular flexibility index (Phi) is 6.42. The Balaban J connectivity index is 1.23. The van der Waals surface area contributed by atoms with Crippen LogP contribution in [0.25, 0.3) is 10.9 Å². The number of amides is 2. The third-order valence-electron chi connectivity index (χ3n) is 7.17. The van der Waals surface area contributed by atoms with Gasteiger partial charge in [0.25, 0.3) is 11.8 Å². The molecule has 0 atom stereocenters. The van der Waals surface area contributed by atoms with Gasteiger partial charge in [0.15, 0.2) is 5.69 Å². The number of nitrogens with zero attached hydrogens (tertiary/aromatic N) is 5. The van der Waals surface area contributed by atoms with Crippen LogP contribution in [0.2, 0.25) is 0 Å². The molecule has 0 aliphatic carbocycles. The number of halogens is 1. The van der Waals surface area contributed by atoms with Crippen LogP contribution in [-0.4, -0.2) is 49.4 Å². The largest absolute Gasteiger partial charge is 0.338 e. The molecule has 2 amide bonds. The van der Waals surface area contributed by atoms with Crippen molar-refractivity contribution in [3.8, 4) is 0 Å². The van der Waals surface area contributed by atoms with Crippen molar-refractivity contribution in [1.82, 2.24) is 24.5 Å². The van der Waals surface area contributed by atoms with Crippen molar-refractivity contribution in [3.05, 3.63) is 75.1 Å². The summed E-state index contributed by atoms with van der Waals surface area (Å²) < 4.78 is 4.39. The Morgan fingerprint density at radius 2 is 1.67 bits per heavy atom. The van der Waals surface area contributed by atoms with Gasteiger partial charge in [0.1, 0.15) is 0 Å². The average Bonchev–Trinajstić information content (AvgIpc) is 3.33. The molecule has 36 heavy (non-hydrogen) atoms. The maximum Gasteiger partial charge on any atom is 0.276 e. The molecule has 9 heteroatoms. The van der Waals surface area contributed by atoms with E-state index in [0.717, 1.165) is 63.9 Å². The van der Waals surface area contributed by atoms with Crippen LogP contribution in [-0.2, 0) is 14.1 Å². The minimum atomic E-state index is -0.237. The average molecular weight is 549 g/mol. The number of piperidine rings is 1. The lowest BCUT2D eigenvalue weighted by molar-refractivity contribution is 0.0711. The van der Waals surface area contributed by atoms with Gasteiger partial charge in [0.2, 0.25) is 0 Å². The van der Waals surface area contributed by atoms with Crippen molar-refractivity contribution in [2.75, 3.05) is 18.4 Å². The van der Waals surface area contributed by atoms with Crippen LogP contribution in [0.3, 0.4) is 0 Å². The molecule has 0 bridgehead atoms. The molecule has 186 valence electrons. The third-order valence-corrected chi connectivity index (χ3v) is 7.67. The summed E-state index contributed by atoms with van der Waals surface area (Å²) in [5.41, 5.74) is 5.67. The zero-order valence-electron chi connectivity index (χ0n) is 20.9. The first kappa shape index (κ1) is 24.2. The summed E-state index contributed by atoms with van der Waals surface area (Å²) in [6.07, 6.45) is 1.81. The van der Waals surface area contributed by atoms with Gasteiger partial charge >= 0.3 is 0 Å². The number of benzene rings is 2. The lowest BCUT2D eigenvalue weighted by atomic mass is 9.89. The standard InChI is InChI=1S/C27H29BrN6O2/c1-16-24(17(2)32(3)30-16)27(36)34-13-11-19(12-14-34)18-5-8-21(9-6-18)29-26(35)25-22-15-20(28)7-10-23(22)33(4)31-25/h5-10,15,19H,11-14H2,1-4H3,(H,29,35). The van der Waals surface area contributed by atoms with Gasteiger partial charge in [-0.15, -0.1) is 0 Å². The number of hydrogen-bond acceptors (Lipinski definition) is 4. The van der Waals surface area contributed by atoms with E-state index in [1.54, 1.807) is 9.36 Å². The maximum atomic E-state index is 13.1. The summed E-state index contributed by atoms with van der Waals surface area (Å²) in [4.78, 5) is 28.0. The molecule has 3 heterocycles. The zero-order chi connectivity index (χ0) is 25.6. The van der Waals surface area contributed by atoms with E-state index in [0.29, 0.717) is 11.6 Å². The van der Waals surface area contributed by atoms with Crippen LogP contribution in [0.5, 0.6) is 0 Å². The summed E-state index contributed by atoms with van der Waals surface area (Å²) in [7, 11) is 3.70. The first-order valence-electron chi connectivity index (χ1n) is 12.1.